The van der Waals surface area contributed by atoms with E-state index in [9.17, 15) is 4.39 Å². The molecule has 1 saturated carbocycles. The zero-order valence-corrected chi connectivity index (χ0v) is 21.7. The minimum absolute atomic E-state index is 0.0716. The first-order chi connectivity index (χ1) is 17.0. The summed E-state index contributed by atoms with van der Waals surface area (Å²) in [6.07, 6.45) is 9.22. The van der Waals surface area contributed by atoms with Crippen molar-refractivity contribution in [2.45, 2.75) is 57.9 Å². The third-order valence-electron chi connectivity index (χ3n) is 7.50. The summed E-state index contributed by atoms with van der Waals surface area (Å²) < 4.78 is 25.2. The van der Waals surface area contributed by atoms with Crippen molar-refractivity contribution in [3.8, 4) is 11.3 Å². The van der Waals surface area contributed by atoms with Gasteiger partial charge in [0.15, 0.2) is 11.6 Å². The van der Waals surface area contributed by atoms with Gasteiger partial charge in [0, 0.05) is 56.9 Å². The molecular weight excluding hydrogens is 467 g/mol. The zero-order valence-electron chi connectivity index (χ0n) is 20.9. The molecule has 1 saturated heterocycles. The predicted octanol–water partition coefficient (Wildman–Crippen LogP) is 5.50. The Morgan fingerprint density at radius 3 is 2.71 bits per heavy atom. The number of methoxy groups -OCH3 is 1. The summed E-state index contributed by atoms with van der Waals surface area (Å²) in [6, 6.07) is 5.76. The number of aromatic nitrogens is 2. The van der Waals surface area contributed by atoms with Crippen molar-refractivity contribution in [2.75, 3.05) is 45.3 Å². The summed E-state index contributed by atoms with van der Waals surface area (Å²) in [4.78, 5) is 9.20. The van der Waals surface area contributed by atoms with Crippen LogP contribution in [-0.4, -0.2) is 56.0 Å². The van der Waals surface area contributed by atoms with Crippen LogP contribution >= 0.6 is 11.6 Å². The number of pyridine rings is 2. The number of halogens is 2. The van der Waals surface area contributed by atoms with Crippen LogP contribution in [0.1, 0.15) is 51.1 Å². The second-order valence-corrected chi connectivity index (χ2v) is 10.7. The first-order valence-electron chi connectivity index (χ1n) is 12.8. The van der Waals surface area contributed by atoms with Gasteiger partial charge in [0.1, 0.15) is 0 Å². The van der Waals surface area contributed by atoms with Crippen molar-refractivity contribution in [3.05, 3.63) is 40.9 Å². The molecule has 0 bridgehead atoms. The number of anilines is 1. The van der Waals surface area contributed by atoms with Crippen LogP contribution in [0.2, 0.25) is 5.02 Å². The Balaban J connectivity index is 1.40. The molecule has 4 rings (SSSR count). The van der Waals surface area contributed by atoms with Crippen LogP contribution in [0.4, 0.5) is 10.2 Å². The zero-order chi connectivity index (χ0) is 24.7. The van der Waals surface area contributed by atoms with E-state index in [4.69, 9.17) is 21.1 Å². The first kappa shape index (κ1) is 26.3. The van der Waals surface area contributed by atoms with Crippen molar-refractivity contribution in [1.29, 1.82) is 0 Å². The van der Waals surface area contributed by atoms with Gasteiger partial charge in [-0.3, -0.25) is 4.98 Å². The molecule has 0 atom stereocenters. The second-order valence-electron chi connectivity index (χ2n) is 10.3. The maximum atomic E-state index is 14.6. The van der Waals surface area contributed by atoms with Crippen molar-refractivity contribution in [3.63, 3.8) is 0 Å². The summed E-state index contributed by atoms with van der Waals surface area (Å²) >= 11 is 6.52. The Hall–Kier alpha value is -1.80. The smallest absolute Gasteiger partial charge is 0.165 e. The van der Waals surface area contributed by atoms with Gasteiger partial charge in [-0.15, -0.1) is 0 Å². The van der Waals surface area contributed by atoms with E-state index in [2.05, 4.69) is 27.5 Å². The van der Waals surface area contributed by atoms with Crippen LogP contribution in [0.3, 0.4) is 0 Å². The van der Waals surface area contributed by atoms with Gasteiger partial charge in [-0.25, -0.2) is 9.37 Å². The molecule has 8 heteroatoms. The second kappa shape index (κ2) is 12.4. The van der Waals surface area contributed by atoms with Crippen molar-refractivity contribution < 1.29 is 13.9 Å². The molecule has 1 aliphatic carbocycles. The largest absolute Gasteiger partial charge is 0.383 e. The Labute approximate surface area is 213 Å². The fraction of sp³-hybridized carbons (Fsp3) is 0.630. The van der Waals surface area contributed by atoms with Gasteiger partial charge >= 0.3 is 0 Å². The summed E-state index contributed by atoms with van der Waals surface area (Å²) in [7, 11) is 1.73. The van der Waals surface area contributed by atoms with Gasteiger partial charge in [0.2, 0.25) is 0 Å². The first-order valence-corrected chi connectivity index (χ1v) is 13.2. The molecule has 2 N–H and O–H groups in total. The van der Waals surface area contributed by atoms with Crippen LogP contribution < -0.4 is 10.6 Å². The minimum Gasteiger partial charge on any atom is -0.383 e. The lowest BCUT2D eigenvalue weighted by Gasteiger charge is -2.33. The molecule has 0 aromatic carbocycles. The molecule has 1 aliphatic heterocycles. The third-order valence-corrected chi connectivity index (χ3v) is 7.80. The molecule has 2 aromatic rings. The lowest BCUT2D eigenvalue weighted by Crippen LogP contribution is -2.35. The molecule has 0 amide bonds. The van der Waals surface area contributed by atoms with Crippen LogP contribution in [0.5, 0.6) is 0 Å². The monoisotopic (exact) mass is 504 g/mol. The molecule has 0 radical (unpaired) electrons. The number of rotatable bonds is 10. The van der Waals surface area contributed by atoms with Gasteiger partial charge in [-0.2, -0.15) is 0 Å². The molecule has 192 valence electrons. The fourth-order valence-corrected chi connectivity index (χ4v) is 5.28. The fourth-order valence-electron chi connectivity index (χ4n) is 5.08. The number of nitrogens with one attached hydrogen (secondary N) is 2. The normalized spacial score (nSPS) is 22.2. The van der Waals surface area contributed by atoms with Crippen molar-refractivity contribution in [2.24, 2.45) is 11.3 Å². The standard InChI is InChI=1S/C27H38ClFN4O2/c1-27(9-12-35-13-10-27)18-32-26-24(29)7-8-25(33-26)22-16-21(31-17-23(22)28)15-19-3-5-20(6-4-19)30-11-14-34-2/h7-8,16-17,19-20,30H,3-6,9-15,18H2,1-2H3,(H,32,33). The van der Waals surface area contributed by atoms with E-state index in [-0.39, 0.29) is 17.1 Å². The predicted molar refractivity (Wildman–Crippen MR) is 138 cm³/mol. The summed E-state index contributed by atoms with van der Waals surface area (Å²) in [5.74, 6) is 0.519. The van der Waals surface area contributed by atoms with E-state index in [0.717, 1.165) is 56.9 Å². The van der Waals surface area contributed by atoms with Crippen LogP contribution in [0, 0.1) is 17.2 Å². The van der Waals surface area contributed by atoms with Crippen LogP contribution in [0.15, 0.2) is 24.4 Å². The van der Waals surface area contributed by atoms with Crippen LogP contribution in [-0.2, 0) is 15.9 Å². The topological polar surface area (TPSA) is 68.3 Å². The van der Waals surface area contributed by atoms with E-state index in [1.807, 2.05) is 6.07 Å². The van der Waals surface area contributed by atoms with Crippen molar-refractivity contribution >= 4 is 17.4 Å². The molecule has 6 nitrogen and oxygen atoms in total. The van der Waals surface area contributed by atoms with E-state index in [1.54, 1.807) is 19.4 Å². The lowest BCUT2D eigenvalue weighted by molar-refractivity contribution is 0.0299. The molecular formula is C27H38ClFN4O2. The minimum atomic E-state index is -0.356. The number of nitrogens with zero attached hydrogens (tertiary/aromatic N) is 2. The molecule has 0 unspecified atom stereocenters. The maximum Gasteiger partial charge on any atom is 0.165 e. The number of hydrogen-bond donors (Lipinski definition) is 2. The molecule has 3 heterocycles. The summed E-state index contributed by atoms with van der Waals surface area (Å²) in [5.41, 5.74) is 2.54. The number of ether oxygens (including phenoxy) is 2. The summed E-state index contributed by atoms with van der Waals surface area (Å²) in [5, 5.41) is 7.35. The highest BCUT2D eigenvalue weighted by Crippen LogP contribution is 2.33. The SMILES string of the molecule is COCCNC1CCC(Cc2cc(-c3ccc(F)c(NCC4(C)CCOCC4)n3)c(Cl)cn2)CC1. The van der Waals surface area contributed by atoms with Gasteiger partial charge in [-0.05, 0) is 74.5 Å². The molecule has 35 heavy (non-hydrogen) atoms. The molecule has 2 fully saturated rings. The highest BCUT2D eigenvalue weighted by Gasteiger charge is 2.28. The van der Waals surface area contributed by atoms with E-state index in [0.29, 0.717) is 29.2 Å². The van der Waals surface area contributed by atoms with Gasteiger partial charge in [-0.1, -0.05) is 18.5 Å². The van der Waals surface area contributed by atoms with Gasteiger partial charge < -0.3 is 20.1 Å². The maximum absolute atomic E-state index is 14.6. The third kappa shape index (κ3) is 7.35. The Morgan fingerprint density at radius 1 is 1.20 bits per heavy atom. The van der Waals surface area contributed by atoms with Gasteiger partial charge in [0.25, 0.3) is 0 Å². The van der Waals surface area contributed by atoms with E-state index >= 15 is 0 Å². The molecule has 2 aromatic heterocycles. The lowest BCUT2D eigenvalue weighted by atomic mass is 9.82. The average Bonchev–Trinajstić information content (AvgIpc) is 2.86. The van der Waals surface area contributed by atoms with E-state index in [1.165, 1.54) is 31.7 Å². The highest BCUT2D eigenvalue weighted by molar-refractivity contribution is 6.33. The molecule has 2 aliphatic rings. The highest BCUT2D eigenvalue weighted by atomic mass is 35.5. The summed E-state index contributed by atoms with van der Waals surface area (Å²) in [6.45, 7) is 6.01. The van der Waals surface area contributed by atoms with Gasteiger partial charge in [0.05, 0.1) is 17.3 Å². The Bertz CT molecular complexity index is 962. The Morgan fingerprint density at radius 2 is 1.97 bits per heavy atom. The average molecular weight is 505 g/mol. The molecule has 0 spiro atoms. The Kier molecular flexibility index (Phi) is 9.34. The quantitative estimate of drug-likeness (QED) is 0.416. The van der Waals surface area contributed by atoms with Crippen LogP contribution in [0.25, 0.3) is 11.3 Å². The van der Waals surface area contributed by atoms with E-state index < -0.39 is 0 Å². The van der Waals surface area contributed by atoms with Crippen molar-refractivity contribution in [1.82, 2.24) is 15.3 Å². The number of hydrogen-bond acceptors (Lipinski definition) is 6.